The second-order valence-corrected chi connectivity index (χ2v) is 3.83. The molecule has 0 saturated carbocycles. The van der Waals surface area contributed by atoms with Crippen molar-refractivity contribution in [2.75, 3.05) is 6.61 Å². The summed E-state index contributed by atoms with van der Waals surface area (Å²) in [4.78, 5) is 0. The first-order valence-electron chi connectivity index (χ1n) is 4.58. The van der Waals surface area contributed by atoms with E-state index in [1.807, 2.05) is 19.1 Å². The third-order valence-corrected chi connectivity index (χ3v) is 2.30. The molecule has 0 heterocycles. The van der Waals surface area contributed by atoms with Crippen LogP contribution in [0.25, 0.3) is 0 Å². The largest absolute Gasteiger partial charge is 0.489 e. The quantitative estimate of drug-likeness (QED) is 0.882. The predicted molar refractivity (Wildman–Crippen MR) is 64.5 cm³/mol. The number of ether oxygens (including phenoxy) is 1. The molecule has 0 fully saturated rings. The maximum absolute atomic E-state index is 5.88. The van der Waals surface area contributed by atoms with E-state index < -0.39 is 0 Å². The average molecular weight is 246 g/mol. The van der Waals surface area contributed by atoms with Crippen LogP contribution < -0.4 is 10.5 Å². The molecule has 0 aliphatic carbocycles. The molecule has 1 rings (SSSR count). The third-order valence-electron chi connectivity index (χ3n) is 1.89. The molecule has 0 aliphatic rings. The summed E-state index contributed by atoms with van der Waals surface area (Å²) < 4.78 is 5.48. The summed E-state index contributed by atoms with van der Waals surface area (Å²) in [6.45, 7) is 2.31. The second-order valence-electron chi connectivity index (χ2n) is 3.14. The van der Waals surface area contributed by atoms with Crippen LogP contribution in [-0.2, 0) is 0 Å². The van der Waals surface area contributed by atoms with E-state index in [4.69, 9.17) is 33.7 Å². The Labute approximate surface area is 99.6 Å². The minimum atomic E-state index is -0.112. The van der Waals surface area contributed by atoms with E-state index in [9.17, 15) is 0 Å². The van der Waals surface area contributed by atoms with Crippen LogP contribution in [-0.4, -0.2) is 6.61 Å². The van der Waals surface area contributed by atoms with E-state index in [-0.39, 0.29) is 6.04 Å². The van der Waals surface area contributed by atoms with Gasteiger partial charge in [0.2, 0.25) is 0 Å². The molecule has 2 nitrogen and oxygen atoms in total. The van der Waals surface area contributed by atoms with Gasteiger partial charge in [-0.3, -0.25) is 0 Å². The van der Waals surface area contributed by atoms with Gasteiger partial charge in [0.1, 0.15) is 12.4 Å². The standard InChI is InChI=1S/C11H13Cl2NO/c1-8(14)10-7-9(13)3-4-11(10)15-6-2-5-12/h2-5,7-8H,6,14H2,1H3/t8-/m1/s1. The Morgan fingerprint density at radius 3 is 2.87 bits per heavy atom. The predicted octanol–water partition coefficient (Wildman–Crippen LogP) is 3.49. The van der Waals surface area contributed by atoms with E-state index >= 15 is 0 Å². The first-order valence-corrected chi connectivity index (χ1v) is 5.39. The highest BCUT2D eigenvalue weighted by Crippen LogP contribution is 2.27. The van der Waals surface area contributed by atoms with Gasteiger partial charge in [0.05, 0.1) is 0 Å². The normalized spacial score (nSPS) is 13.1. The fraction of sp³-hybridized carbons (Fsp3) is 0.273. The van der Waals surface area contributed by atoms with E-state index in [0.29, 0.717) is 11.6 Å². The van der Waals surface area contributed by atoms with Gasteiger partial charge in [0.25, 0.3) is 0 Å². The molecule has 0 saturated heterocycles. The lowest BCUT2D eigenvalue weighted by molar-refractivity contribution is 0.357. The minimum Gasteiger partial charge on any atom is -0.489 e. The summed E-state index contributed by atoms with van der Waals surface area (Å²) >= 11 is 11.3. The van der Waals surface area contributed by atoms with Gasteiger partial charge in [0, 0.05) is 22.2 Å². The van der Waals surface area contributed by atoms with Gasteiger partial charge in [-0.05, 0) is 31.2 Å². The zero-order valence-electron chi connectivity index (χ0n) is 8.41. The molecule has 1 aromatic rings. The Morgan fingerprint density at radius 1 is 1.53 bits per heavy atom. The van der Waals surface area contributed by atoms with Crippen LogP contribution in [0, 0.1) is 0 Å². The summed E-state index contributed by atoms with van der Waals surface area (Å²) in [5, 5.41) is 0.655. The van der Waals surface area contributed by atoms with Crippen LogP contribution in [0.5, 0.6) is 5.75 Å². The summed E-state index contributed by atoms with van der Waals surface area (Å²) in [7, 11) is 0. The van der Waals surface area contributed by atoms with Crippen molar-refractivity contribution in [1.82, 2.24) is 0 Å². The molecule has 0 unspecified atom stereocenters. The van der Waals surface area contributed by atoms with Gasteiger partial charge >= 0.3 is 0 Å². The number of rotatable bonds is 4. The molecule has 0 radical (unpaired) electrons. The molecular formula is C11H13Cl2NO. The van der Waals surface area contributed by atoms with E-state index in [2.05, 4.69) is 0 Å². The molecule has 4 heteroatoms. The molecule has 1 atom stereocenters. The van der Waals surface area contributed by atoms with Crippen LogP contribution in [0.4, 0.5) is 0 Å². The first-order chi connectivity index (χ1) is 7.15. The fourth-order valence-electron chi connectivity index (χ4n) is 1.18. The Hall–Kier alpha value is -0.700. The SMILES string of the molecule is C[C@@H](N)c1cc(Cl)ccc1OCC=CCl. The summed E-state index contributed by atoms with van der Waals surface area (Å²) in [6, 6.07) is 5.28. The van der Waals surface area contributed by atoms with Crippen LogP contribution in [0.2, 0.25) is 5.02 Å². The van der Waals surface area contributed by atoms with E-state index in [1.54, 1.807) is 12.1 Å². The molecule has 1 aromatic carbocycles. The summed E-state index contributed by atoms with van der Waals surface area (Å²) in [5.41, 5.74) is 8.12. The van der Waals surface area contributed by atoms with Crippen LogP contribution in [0.1, 0.15) is 18.5 Å². The molecular weight excluding hydrogens is 233 g/mol. The molecule has 0 spiro atoms. The smallest absolute Gasteiger partial charge is 0.124 e. The van der Waals surface area contributed by atoms with Crippen molar-refractivity contribution >= 4 is 23.2 Å². The van der Waals surface area contributed by atoms with Crippen molar-refractivity contribution in [3.05, 3.63) is 40.4 Å². The molecule has 82 valence electrons. The molecule has 0 aromatic heterocycles. The van der Waals surface area contributed by atoms with Gasteiger partial charge in [-0.15, -0.1) is 0 Å². The molecule has 0 bridgehead atoms. The monoisotopic (exact) mass is 245 g/mol. The lowest BCUT2D eigenvalue weighted by Gasteiger charge is -2.13. The maximum atomic E-state index is 5.88. The Balaban J connectivity index is 2.85. The van der Waals surface area contributed by atoms with Crippen molar-refractivity contribution in [2.45, 2.75) is 13.0 Å². The average Bonchev–Trinajstić information content (AvgIpc) is 2.20. The van der Waals surface area contributed by atoms with Crippen molar-refractivity contribution in [3.8, 4) is 5.75 Å². The van der Waals surface area contributed by atoms with Crippen molar-refractivity contribution in [1.29, 1.82) is 0 Å². The number of benzene rings is 1. The zero-order chi connectivity index (χ0) is 11.3. The van der Waals surface area contributed by atoms with Crippen LogP contribution >= 0.6 is 23.2 Å². The van der Waals surface area contributed by atoms with Crippen LogP contribution in [0.15, 0.2) is 29.8 Å². The summed E-state index contributed by atoms with van der Waals surface area (Å²) in [5.74, 6) is 0.740. The highest BCUT2D eigenvalue weighted by atomic mass is 35.5. The van der Waals surface area contributed by atoms with Gasteiger partial charge in [0.15, 0.2) is 0 Å². The van der Waals surface area contributed by atoms with E-state index in [1.165, 1.54) is 5.54 Å². The fourth-order valence-corrected chi connectivity index (χ4v) is 1.43. The van der Waals surface area contributed by atoms with Gasteiger partial charge in [-0.2, -0.15) is 0 Å². The molecule has 2 N–H and O–H groups in total. The lowest BCUT2D eigenvalue weighted by Crippen LogP contribution is -2.08. The number of hydrogen-bond acceptors (Lipinski definition) is 2. The highest BCUT2D eigenvalue weighted by Gasteiger charge is 2.08. The molecule has 0 amide bonds. The number of halogens is 2. The van der Waals surface area contributed by atoms with Crippen molar-refractivity contribution in [3.63, 3.8) is 0 Å². The van der Waals surface area contributed by atoms with Gasteiger partial charge < -0.3 is 10.5 Å². The van der Waals surface area contributed by atoms with Crippen LogP contribution in [0.3, 0.4) is 0 Å². The summed E-state index contributed by atoms with van der Waals surface area (Å²) in [6.07, 6.45) is 1.71. The third kappa shape index (κ3) is 3.74. The zero-order valence-corrected chi connectivity index (χ0v) is 9.92. The molecule has 15 heavy (non-hydrogen) atoms. The second kappa shape index (κ2) is 6.01. The van der Waals surface area contributed by atoms with Crippen molar-refractivity contribution < 1.29 is 4.74 Å². The Kier molecular flexibility index (Phi) is 4.95. The minimum absolute atomic E-state index is 0.112. The first kappa shape index (κ1) is 12.4. The Bertz CT molecular complexity index is 350. The van der Waals surface area contributed by atoms with E-state index in [0.717, 1.165) is 11.3 Å². The Morgan fingerprint density at radius 2 is 2.27 bits per heavy atom. The van der Waals surface area contributed by atoms with Gasteiger partial charge in [-0.25, -0.2) is 0 Å². The number of hydrogen-bond donors (Lipinski definition) is 1. The highest BCUT2D eigenvalue weighted by molar-refractivity contribution is 6.30. The lowest BCUT2D eigenvalue weighted by atomic mass is 10.1. The van der Waals surface area contributed by atoms with Crippen molar-refractivity contribution in [2.24, 2.45) is 5.73 Å². The van der Waals surface area contributed by atoms with Gasteiger partial charge in [-0.1, -0.05) is 23.2 Å². The topological polar surface area (TPSA) is 35.2 Å². The molecule has 0 aliphatic heterocycles. The maximum Gasteiger partial charge on any atom is 0.124 e. The number of nitrogens with two attached hydrogens (primary N) is 1.